The van der Waals surface area contributed by atoms with Crippen LogP contribution in [0.1, 0.15) is 46.5 Å². The van der Waals surface area contributed by atoms with Crippen LogP contribution >= 0.6 is 0 Å². The van der Waals surface area contributed by atoms with Crippen molar-refractivity contribution in [1.82, 2.24) is 4.31 Å². The molecule has 1 aromatic carbocycles. The van der Waals surface area contributed by atoms with Crippen LogP contribution in [0, 0.1) is 5.92 Å². The van der Waals surface area contributed by atoms with Crippen molar-refractivity contribution in [1.29, 1.82) is 0 Å². The molecule has 0 bridgehead atoms. The average Bonchev–Trinajstić information content (AvgIpc) is 3.12. The predicted octanol–water partition coefficient (Wildman–Crippen LogP) is 3.28. The van der Waals surface area contributed by atoms with E-state index in [0.29, 0.717) is 25.3 Å². The monoisotopic (exact) mass is 367 g/mol. The summed E-state index contributed by atoms with van der Waals surface area (Å²) in [7, 11) is -3.56. The first-order valence-electron chi connectivity index (χ1n) is 9.12. The second kappa shape index (κ2) is 8.67. The highest BCUT2D eigenvalue weighted by atomic mass is 32.2. The van der Waals surface area contributed by atoms with Gasteiger partial charge in [-0.3, -0.25) is 4.79 Å². The lowest BCUT2D eigenvalue weighted by Gasteiger charge is -2.20. The Bertz CT molecular complexity index is 694. The van der Waals surface area contributed by atoms with Gasteiger partial charge in [0.2, 0.25) is 15.9 Å². The van der Waals surface area contributed by atoms with Gasteiger partial charge in [-0.05, 0) is 38.0 Å². The lowest BCUT2D eigenvalue weighted by Crippen LogP contribution is -2.30. The van der Waals surface area contributed by atoms with Crippen LogP contribution in [0.2, 0.25) is 0 Å². The molecule has 0 aromatic heterocycles. The fourth-order valence-electron chi connectivity index (χ4n) is 3.27. The lowest BCUT2D eigenvalue weighted by atomic mass is 10.1. The Hall–Kier alpha value is -1.60. The van der Waals surface area contributed by atoms with Crippen LogP contribution in [-0.2, 0) is 14.8 Å². The number of carbonyl (C=O) groups is 1. The molecule has 0 aliphatic heterocycles. The molecule has 140 valence electrons. The van der Waals surface area contributed by atoms with Gasteiger partial charge in [0.1, 0.15) is 0 Å². The molecule has 1 aromatic rings. The van der Waals surface area contributed by atoms with Crippen molar-refractivity contribution >= 4 is 27.3 Å². The second-order valence-electron chi connectivity index (χ2n) is 6.30. The fraction of sp³-hybridized carbons (Fsp3) is 0.611. The van der Waals surface area contributed by atoms with Gasteiger partial charge in [-0.2, -0.15) is 4.31 Å². The van der Waals surface area contributed by atoms with E-state index in [4.69, 9.17) is 0 Å². The molecule has 0 saturated heterocycles. The summed E-state index contributed by atoms with van der Waals surface area (Å²) in [5, 5.41) is 6.13. The molecule has 1 aliphatic carbocycles. The number of hydrogen-bond donors (Lipinski definition) is 2. The summed E-state index contributed by atoms with van der Waals surface area (Å²) in [5.74, 6) is 0.00608. The molecule has 6 nitrogen and oxygen atoms in total. The summed E-state index contributed by atoms with van der Waals surface area (Å²) < 4.78 is 26.9. The average molecular weight is 368 g/mol. The molecular formula is C18H29N3O3S. The van der Waals surface area contributed by atoms with Crippen LogP contribution in [0.25, 0.3) is 0 Å². The minimum Gasteiger partial charge on any atom is -0.384 e. The normalized spacial score (nSPS) is 15.5. The molecule has 25 heavy (non-hydrogen) atoms. The zero-order chi connectivity index (χ0) is 18.4. The molecule has 2 rings (SSSR count). The Morgan fingerprint density at radius 2 is 1.76 bits per heavy atom. The van der Waals surface area contributed by atoms with E-state index < -0.39 is 10.0 Å². The molecule has 0 unspecified atom stereocenters. The van der Waals surface area contributed by atoms with Crippen LogP contribution in [0.4, 0.5) is 11.4 Å². The number of hydrogen-bond acceptors (Lipinski definition) is 4. The smallest absolute Gasteiger partial charge is 0.243 e. The summed E-state index contributed by atoms with van der Waals surface area (Å²) in [5.41, 5.74) is 1.28. The van der Waals surface area contributed by atoms with Gasteiger partial charge < -0.3 is 10.6 Å². The van der Waals surface area contributed by atoms with E-state index in [0.717, 1.165) is 31.4 Å². The lowest BCUT2D eigenvalue weighted by molar-refractivity contribution is -0.119. The maximum absolute atomic E-state index is 12.8. The van der Waals surface area contributed by atoms with Crippen molar-refractivity contribution < 1.29 is 13.2 Å². The Balaban J connectivity index is 2.33. The summed E-state index contributed by atoms with van der Waals surface area (Å²) in [4.78, 5) is 12.7. The maximum atomic E-state index is 12.8. The van der Waals surface area contributed by atoms with Crippen molar-refractivity contribution in [3.8, 4) is 0 Å². The fourth-order valence-corrected chi connectivity index (χ4v) is 4.75. The van der Waals surface area contributed by atoms with E-state index in [9.17, 15) is 13.2 Å². The van der Waals surface area contributed by atoms with Gasteiger partial charge in [-0.25, -0.2) is 8.42 Å². The predicted molar refractivity (Wildman–Crippen MR) is 101 cm³/mol. The molecule has 1 fully saturated rings. The summed E-state index contributed by atoms with van der Waals surface area (Å²) in [6.07, 6.45) is 3.96. The van der Waals surface area contributed by atoms with Crippen molar-refractivity contribution in [2.75, 3.05) is 30.3 Å². The molecule has 2 N–H and O–H groups in total. The highest BCUT2D eigenvalue weighted by molar-refractivity contribution is 7.89. The molecule has 1 aliphatic rings. The van der Waals surface area contributed by atoms with Crippen molar-refractivity contribution in [2.24, 2.45) is 5.92 Å². The molecule has 0 heterocycles. The zero-order valence-electron chi connectivity index (χ0n) is 15.3. The highest BCUT2D eigenvalue weighted by Gasteiger charge is 2.25. The first kappa shape index (κ1) is 19.7. The number of nitrogens with zero attached hydrogens (tertiary/aromatic N) is 1. The first-order chi connectivity index (χ1) is 11.9. The van der Waals surface area contributed by atoms with Gasteiger partial charge >= 0.3 is 0 Å². The van der Waals surface area contributed by atoms with E-state index >= 15 is 0 Å². The van der Waals surface area contributed by atoms with E-state index in [2.05, 4.69) is 10.6 Å². The Morgan fingerprint density at radius 3 is 2.32 bits per heavy atom. The van der Waals surface area contributed by atoms with Crippen LogP contribution in [0.5, 0.6) is 0 Å². The molecule has 1 saturated carbocycles. The largest absolute Gasteiger partial charge is 0.384 e. The third-order valence-corrected chi connectivity index (χ3v) is 6.73. The Morgan fingerprint density at radius 1 is 1.12 bits per heavy atom. The molecule has 0 spiro atoms. The number of sulfonamides is 1. The number of amides is 1. The van der Waals surface area contributed by atoms with E-state index in [1.807, 2.05) is 20.8 Å². The van der Waals surface area contributed by atoms with Gasteiger partial charge in [0.15, 0.2) is 0 Å². The Labute approximate surface area is 151 Å². The van der Waals surface area contributed by atoms with E-state index in [1.54, 1.807) is 18.2 Å². The van der Waals surface area contributed by atoms with Gasteiger partial charge in [0, 0.05) is 25.6 Å². The second-order valence-corrected chi connectivity index (χ2v) is 8.24. The highest BCUT2D eigenvalue weighted by Crippen LogP contribution is 2.30. The number of carbonyl (C=O) groups excluding carboxylic acids is 1. The summed E-state index contributed by atoms with van der Waals surface area (Å²) in [6, 6.07) is 4.89. The molecule has 1 amide bonds. The van der Waals surface area contributed by atoms with Crippen LogP contribution < -0.4 is 10.6 Å². The van der Waals surface area contributed by atoms with Crippen molar-refractivity contribution in [3.05, 3.63) is 18.2 Å². The standard InChI is InChI=1S/C18H29N3O3S/c1-4-19-16-12-11-15(25(23,24)21(5-2)6-3)13-17(16)20-18(22)14-9-7-8-10-14/h11-14,19H,4-10H2,1-3H3,(H,20,22). The zero-order valence-corrected chi connectivity index (χ0v) is 16.2. The van der Waals surface area contributed by atoms with Crippen LogP contribution in [0.3, 0.4) is 0 Å². The number of benzene rings is 1. The maximum Gasteiger partial charge on any atom is 0.243 e. The number of nitrogens with one attached hydrogen (secondary N) is 2. The van der Waals surface area contributed by atoms with Gasteiger partial charge in [0.25, 0.3) is 0 Å². The van der Waals surface area contributed by atoms with Gasteiger partial charge in [0.05, 0.1) is 16.3 Å². The van der Waals surface area contributed by atoms with Crippen LogP contribution in [0.15, 0.2) is 23.1 Å². The SMILES string of the molecule is CCNc1ccc(S(=O)(=O)N(CC)CC)cc1NC(=O)C1CCCC1. The number of rotatable bonds is 8. The van der Waals surface area contributed by atoms with E-state index in [1.165, 1.54) is 4.31 Å². The van der Waals surface area contributed by atoms with Crippen molar-refractivity contribution in [2.45, 2.75) is 51.3 Å². The minimum absolute atomic E-state index is 0.0194. The van der Waals surface area contributed by atoms with E-state index in [-0.39, 0.29) is 16.7 Å². The minimum atomic E-state index is -3.56. The number of anilines is 2. The molecule has 0 atom stereocenters. The third-order valence-electron chi connectivity index (χ3n) is 4.69. The quantitative estimate of drug-likeness (QED) is 0.739. The summed E-state index contributed by atoms with van der Waals surface area (Å²) >= 11 is 0. The Kier molecular flexibility index (Phi) is 6.84. The van der Waals surface area contributed by atoms with Crippen LogP contribution in [-0.4, -0.2) is 38.3 Å². The first-order valence-corrected chi connectivity index (χ1v) is 10.6. The molecule has 7 heteroatoms. The summed E-state index contributed by atoms with van der Waals surface area (Å²) in [6.45, 7) is 7.11. The topological polar surface area (TPSA) is 78.5 Å². The van der Waals surface area contributed by atoms with Gasteiger partial charge in [-0.15, -0.1) is 0 Å². The third kappa shape index (κ3) is 4.52. The van der Waals surface area contributed by atoms with Crippen molar-refractivity contribution in [3.63, 3.8) is 0 Å². The van der Waals surface area contributed by atoms with Gasteiger partial charge in [-0.1, -0.05) is 26.7 Å². The molecule has 0 radical (unpaired) electrons. The molecular weight excluding hydrogens is 338 g/mol.